The highest BCUT2D eigenvalue weighted by molar-refractivity contribution is 7.89. The number of carbonyl (C=O) groups is 1. The van der Waals surface area contributed by atoms with Gasteiger partial charge in [0.1, 0.15) is 6.54 Å². The van der Waals surface area contributed by atoms with Gasteiger partial charge in [0.2, 0.25) is 10.0 Å². The normalized spacial score (nSPS) is 11.8. The molecule has 2 rings (SSSR count). The summed E-state index contributed by atoms with van der Waals surface area (Å²) in [7, 11) is -1.21. The molecule has 0 amide bonds. The van der Waals surface area contributed by atoms with Gasteiger partial charge in [0.15, 0.2) is 0 Å². The maximum Gasteiger partial charge on any atom is 0.321 e. The van der Waals surface area contributed by atoms with E-state index in [2.05, 4.69) is 9.72 Å². The van der Waals surface area contributed by atoms with Crippen molar-refractivity contribution >= 4 is 26.8 Å². The number of ether oxygens (including phenoxy) is 1. The van der Waals surface area contributed by atoms with Gasteiger partial charge in [-0.25, -0.2) is 8.42 Å². The molecule has 0 aliphatic heterocycles. The Kier molecular flexibility index (Phi) is 4.01. The van der Waals surface area contributed by atoms with E-state index >= 15 is 0 Å². The Bertz CT molecular complexity index is 738. The van der Waals surface area contributed by atoms with Gasteiger partial charge in [0.05, 0.1) is 12.0 Å². The van der Waals surface area contributed by atoms with E-state index in [1.54, 1.807) is 24.4 Å². The van der Waals surface area contributed by atoms with E-state index in [0.717, 1.165) is 9.69 Å². The van der Waals surface area contributed by atoms with Crippen LogP contribution in [0.2, 0.25) is 0 Å². The lowest BCUT2D eigenvalue weighted by molar-refractivity contribution is -0.140. The summed E-state index contributed by atoms with van der Waals surface area (Å²) >= 11 is 0. The fourth-order valence-electron chi connectivity index (χ4n) is 1.82. The molecule has 0 radical (unpaired) electrons. The standard InChI is InChI=1S/C13H14N2O4S/c1-15(9-13(16)19-2)20(17,18)12-5-3-4-10-8-14-7-6-11(10)12/h3-8H,9H2,1-2H3. The number of methoxy groups -OCH3 is 1. The van der Waals surface area contributed by atoms with Crippen LogP contribution in [0.25, 0.3) is 10.8 Å². The molecule has 0 saturated carbocycles. The molecule has 0 aliphatic rings. The van der Waals surface area contributed by atoms with Crippen LogP contribution in [0.5, 0.6) is 0 Å². The zero-order valence-electron chi connectivity index (χ0n) is 11.1. The summed E-state index contributed by atoms with van der Waals surface area (Å²) < 4.78 is 30.4. The van der Waals surface area contributed by atoms with Crippen molar-refractivity contribution in [3.05, 3.63) is 36.7 Å². The van der Waals surface area contributed by atoms with E-state index in [0.29, 0.717) is 5.39 Å². The van der Waals surface area contributed by atoms with Crippen LogP contribution in [-0.2, 0) is 19.6 Å². The smallest absolute Gasteiger partial charge is 0.321 e. The Balaban J connectivity index is 2.49. The highest BCUT2D eigenvalue weighted by Crippen LogP contribution is 2.24. The van der Waals surface area contributed by atoms with Crippen LogP contribution in [0.3, 0.4) is 0 Å². The average molecular weight is 294 g/mol. The van der Waals surface area contributed by atoms with Gasteiger partial charge in [0, 0.05) is 30.2 Å². The van der Waals surface area contributed by atoms with Crippen molar-refractivity contribution in [2.24, 2.45) is 0 Å². The van der Waals surface area contributed by atoms with Crippen molar-refractivity contribution < 1.29 is 17.9 Å². The zero-order chi connectivity index (χ0) is 14.8. The number of aromatic nitrogens is 1. The molecule has 1 aromatic heterocycles. The molecule has 2 aromatic rings. The van der Waals surface area contributed by atoms with Crippen LogP contribution >= 0.6 is 0 Å². The molecule has 0 saturated heterocycles. The summed E-state index contributed by atoms with van der Waals surface area (Å²) in [5.74, 6) is -0.613. The van der Waals surface area contributed by atoms with Crippen molar-refractivity contribution in [3.8, 4) is 0 Å². The van der Waals surface area contributed by atoms with E-state index < -0.39 is 16.0 Å². The number of rotatable bonds is 4. The van der Waals surface area contributed by atoms with E-state index in [1.807, 2.05) is 0 Å². The zero-order valence-corrected chi connectivity index (χ0v) is 11.9. The minimum Gasteiger partial charge on any atom is -0.468 e. The van der Waals surface area contributed by atoms with Gasteiger partial charge in [-0.2, -0.15) is 4.31 Å². The van der Waals surface area contributed by atoms with Crippen LogP contribution in [0.1, 0.15) is 0 Å². The van der Waals surface area contributed by atoms with Crippen molar-refractivity contribution in [2.45, 2.75) is 4.90 Å². The monoisotopic (exact) mass is 294 g/mol. The molecular formula is C13H14N2O4S. The summed E-state index contributed by atoms with van der Waals surface area (Å²) in [6.45, 7) is -0.333. The van der Waals surface area contributed by atoms with Crippen molar-refractivity contribution in [3.63, 3.8) is 0 Å². The Morgan fingerprint density at radius 1 is 1.35 bits per heavy atom. The predicted octanol–water partition coefficient (Wildman–Crippen LogP) is 1.03. The first-order valence-electron chi connectivity index (χ1n) is 5.82. The van der Waals surface area contributed by atoms with Crippen LogP contribution in [-0.4, -0.2) is 44.4 Å². The summed E-state index contributed by atoms with van der Waals surface area (Å²) in [6.07, 6.45) is 3.12. The molecule has 0 bridgehead atoms. The molecule has 1 aromatic carbocycles. The number of hydrogen-bond acceptors (Lipinski definition) is 5. The molecule has 1 heterocycles. The van der Waals surface area contributed by atoms with Crippen LogP contribution in [0.4, 0.5) is 0 Å². The lowest BCUT2D eigenvalue weighted by Gasteiger charge is -2.17. The number of fused-ring (bicyclic) bond motifs is 1. The number of hydrogen-bond donors (Lipinski definition) is 0. The Morgan fingerprint density at radius 2 is 2.10 bits per heavy atom. The highest BCUT2D eigenvalue weighted by atomic mass is 32.2. The molecule has 0 spiro atoms. The molecule has 106 valence electrons. The van der Waals surface area contributed by atoms with Gasteiger partial charge in [-0.3, -0.25) is 9.78 Å². The van der Waals surface area contributed by atoms with Gasteiger partial charge in [-0.05, 0) is 12.1 Å². The number of likely N-dealkylation sites (N-methyl/N-ethyl adjacent to an activating group) is 1. The summed E-state index contributed by atoms with van der Waals surface area (Å²) in [6, 6.07) is 6.56. The van der Waals surface area contributed by atoms with Crippen molar-refractivity contribution in [1.29, 1.82) is 0 Å². The predicted molar refractivity (Wildman–Crippen MR) is 73.6 cm³/mol. The number of sulfonamides is 1. The van der Waals surface area contributed by atoms with Crippen LogP contribution in [0.15, 0.2) is 41.6 Å². The highest BCUT2D eigenvalue weighted by Gasteiger charge is 2.24. The van der Waals surface area contributed by atoms with Gasteiger partial charge in [-0.1, -0.05) is 12.1 Å². The fourth-order valence-corrected chi connectivity index (χ4v) is 3.14. The quantitative estimate of drug-likeness (QED) is 0.787. The topological polar surface area (TPSA) is 76.6 Å². The number of esters is 1. The van der Waals surface area contributed by atoms with Crippen molar-refractivity contribution in [1.82, 2.24) is 9.29 Å². The van der Waals surface area contributed by atoms with Gasteiger partial charge < -0.3 is 4.74 Å². The van der Waals surface area contributed by atoms with Gasteiger partial charge in [0.25, 0.3) is 0 Å². The molecule has 0 unspecified atom stereocenters. The third-order valence-corrected chi connectivity index (χ3v) is 4.77. The second kappa shape index (κ2) is 5.56. The Labute approximate surface area is 117 Å². The summed E-state index contributed by atoms with van der Waals surface area (Å²) in [4.78, 5) is 15.3. The molecule has 0 atom stereocenters. The minimum atomic E-state index is -3.77. The molecular weight excluding hydrogens is 280 g/mol. The Morgan fingerprint density at radius 3 is 2.80 bits per heavy atom. The lowest BCUT2D eigenvalue weighted by Crippen LogP contribution is -2.32. The van der Waals surface area contributed by atoms with Crippen molar-refractivity contribution in [2.75, 3.05) is 20.7 Å². The lowest BCUT2D eigenvalue weighted by atomic mass is 10.2. The first-order valence-corrected chi connectivity index (χ1v) is 7.26. The first-order chi connectivity index (χ1) is 9.46. The average Bonchev–Trinajstić information content (AvgIpc) is 2.46. The third kappa shape index (κ3) is 2.63. The van der Waals surface area contributed by atoms with E-state index in [9.17, 15) is 13.2 Å². The second-order valence-electron chi connectivity index (χ2n) is 4.19. The Hall–Kier alpha value is -1.99. The van der Waals surface area contributed by atoms with Crippen LogP contribution in [0, 0.1) is 0 Å². The molecule has 7 heteroatoms. The number of nitrogens with zero attached hydrogens (tertiary/aromatic N) is 2. The van der Waals surface area contributed by atoms with Gasteiger partial charge >= 0.3 is 5.97 Å². The number of pyridine rings is 1. The van der Waals surface area contributed by atoms with E-state index in [-0.39, 0.29) is 11.4 Å². The second-order valence-corrected chi connectivity index (χ2v) is 6.20. The summed E-state index contributed by atoms with van der Waals surface area (Å²) in [5, 5.41) is 1.29. The fraction of sp³-hybridized carbons (Fsp3) is 0.231. The van der Waals surface area contributed by atoms with Gasteiger partial charge in [-0.15, -0.1) is 0 Å². The molecule has 0 N–H and O–H groups in total. The SMILES string of the molecule is COC(=O)CN(C)S(=O)(=O)c1cccc2cnccc12. The van der Waals surface area contributed by atoms with Crippen LogP contribution < -0.4 is 0 Å². The maximum atomic E-state index is 12.5. The molecule has 0 aliphatic carbocycles. The van der Waals surface area contributed by atoms with E-state index in [4.69, 9.17) is 0 Å². The maximum absolute atomic E-state index is 12.5. The molecule has 0 fully saturated rings. The van der Waals surface area contributed by atoms with E-state index in [1.165, 1.54) is 26.4 Å². The molecule has 6 nitrogen and oxygen atoms in total. The number of benzene rings is 1. The largest absolute Gasteiger partial charge is 0.468 e. The number of carbonyl (C=O) groups excluding carboxylic acids is 1. The first kappa shape index (κ1) is 14.4. The molecule has 20 heavy (non-hydrogen) atoms. The summed E-state index contributed by atoms with van der Waals surface area (Å²) in [5.41, 5.74) is 0. The third-order valence-electron chi connectivity index (χ3n) is 2.91. The minimum absolute atomic E-state index is 0.142.